The molecule has 0 unspecified atom stereocenters. The van der Waals surface area contributed by atoms with Crippen LogP contribution in [-0.4, -0.2) is 35.0 Å². The molecule has 2 aliphatic rings. The van der Waals surface area contributed by atoms with Crippen molar-refractivity contribution in [1.82, 2.24) is 9.88 Å². The first kappa shape index (κ1) is 15.1. The van der Waals surface area contributed by atoms with Crippen LogP contribution in [0.5, 0.6) is 0 Å². The van der Waals surface area contributed by atoms with Crippen LogP contribution in [0, 0.1) is 0 Å². The lowest BCUT2D eigenvalue weighted by Crippen LogP contribution is -2.38. The summed E-state index contributed by atoms with van der Waals surface area (Å²) >= 11 is 0. The van der Waals surface area contributed by atoms with Gasteiger partial charge in [-0.2, -0.15) is 0 Å². The summed E-state index contributed by atoms with van der Waals surface area (Å²) < 4.78 is 0. The van der Waals surface area contributed by atoms with Crippen LogP contribution in [0.4, 0.5) is 10.6 Å². The molecule has 3 rings (SSSR count). The van der Waals surface area contributed by atoms with Crippen molar-refractivity contribution in [1.29, 1.82) is 0 Å². The third-order valence-corrected chi connectivity index (χ3v) is 4.13. The SMILES string of the molecule is Cl.NCc1ccc(N2CCN(C3CCCC3)C2=O)nc1. The van der Waals surface area contributed by atoms with Gasteiger partial charge in [0.15, 0.2) is 0 Å². The summed E-state index contributed by atoms with van der Waals surface area (Å²) in [5, 5.41) is 0. The third kappa shape index (κ3) is 2.74. The Bertz CT molecular complexity index is 459. The highest BCUT2D eigenvalue weighted by Crippen LogP contribution is 2.28. The van der Waals surface area contributed by atoms with Gasteiger partial charge in [-0.3, -0.25) is 4.90 Å². The molecule has 20 heavy (non-hydrogen) atoms. The van der Waals surface area contributed by atoms with Gasteiger partial charge >= 0.3 is 6.03 Å². The average Bonchev–Trinajstić information content (AvgIpc) is 3.08. The number of carbonyl (C=O) groups is 1. The minimum absolute atomic E-state index is 0. The van der Waals surface area contributed by atoms with E-state index in [1.54, 1.807) is 11.1 Å². The van der Waals surface area contributed by atoms with Crippen LogP contribution in [0.1, 0.15) is 31.2 Å². The minimum Gasteiger partial charge on any atom is -0.326 e. The van der Waals surface area contributed by atoms with Gasteiger partial charge in [0.1, 0.15) is 5.82 Å². The molecular weight excluding hydrogens is 276 g/mol. The number of anilines is 1. The zero-order valence-corrected chi connectivity index (χ0v) is 12.3. The molecule has 110 valence electrons. The molecule has 0 aromatic carbocycles. The van der Waals surface area contributed by atoms with Gasteiger partial charge in [0, 0.05) is 31.9 Å². The van der Waals surface area contributed by atoms with Gasteiger partial charge < -0.3 is 10.6 Å². The Balaban J connectivity index is 0.00000147. The summed E-state index contributed by atoms with van der Waals surface area (Å²) in [6.07, 6.45) is 6.55. The van der Waals surface area contributed by atoms with Crippen LogP contribution in [-0.2, 0) is 6.54 Å². The number of carbonyl (C=O) groups excluding carboxylic acids is 1. The Kier molecular flexibility index (Phi) is 4.83. The van der Waals surface area contributed by atoms with E-state index in [4.69, 9.17) is 5.73 Å². The van der Waals surface area contributed by atoms with Crippen molar-refractivity contribution in [3.8, 4) is 0 Å². The van der Waals surface area contributed by atoms with Crippen LogP contribution in [0.3, 0.4) is 0 Å². The molecule has 1 aliphatic carbocycles. The maximum absolute atomic E-state index is 12.4. The van der Waals surface area contributed by atoms with Crippen molar-refractivity contribution >= 4 is 24.3 Å². The summed E-state index contributed by atoms with van der Waals surface area (Å²) in [7, 11) is 0. The molecule has 1 aliphatic heterocycles. The van der Waals surface area contributed by atoms with E-state index < -0.39 is 0 Å². The summed E-state index contributed by atoms with van der Waals surface area (Å²) in [6, 6.07) is 4.38. The van der Waals surface area contributed by atoms with Gasteiger partial charge in [-0.25, -0.2) is 9.78 Å². The number of amides is 2. The second kappa shape index (κ2) is 6.41. The first-order chi connectivity index (χ1) is 9.29. The smallest absolute Gasteiger partial charge is 0.326 e. The maximum Gasteiger partial charge on any atom is 0.326 e. The molecule has 2 fully saturated rings. The second-order valence-corrected chi connectivity index (χ2v) is 5.29. The average molecular weight is 297 g/mol. The molecule has 0 atom stereocenters. The molecule has 6 heteroatoms. The first-order valence-electron chi connectivity index (χ1n) is 7.03. The highest BCUT2D eigenvalue weighted by molar-refractivity contribution is 5.93. The Hall–Kier alpha value is -1.33. The van der Waals surface area contributed by atoms with Crippen molar-refractivity contribution in [2.75, 3.05) is 18.0 Å². The quantitative estimate of drug-likeness (QED) is 0.929. The number of urea groups is 1. The number of pyridine rings is 1. The monoisotopic (exact) mass is 296 g/mol. The van der Waals surface area contributed by atoms with Crippen molar-refractivity contribution < 1.29 is 4.79 Å². The molecule has 5 nitrogen and oxygen atoms in total. The standard InChI is InChI=1S/C14H20N4O.ClH/c15-9-11-5-6-13(16-10-11)18-8-7-17(14(18)19)12-3-1-2-4-12;/h5-6,10,12H,1-4,7-9,15H2;1H. The van der Waals surface area contributed by atoms with E-state index in [1.165, 1.54) is 12.8 Å². The number of halogens is 1. The van der Waals surface area contributed by atoms with E-state index in [-0.39, 0.29) is 18.4 Å². The van der Waals surface area contributed by atoms with Crippen LogP contribution < -0.4 is 10.6 Å². The summed E-state index contributed by atoms with van der Waals surface area (Å²) in [4.78, 5) is 20.6. The molecule has 2 N–H and O–H groups in total. The molecule has 0 spiro atoms. The van der Waals surface area contributed by atoms with Gasteiger partial charge in [-0.15, -0.1) is 12.4 Å². The van der Waals surface area contributed by atoms with Gasteiger partial charge in [0.25, 0.3) is 0 Å². The van der Waals surface area contributed by atoms with E-state index in [1.807, 2.05) is 17.0 Å². The number of hydrogen-bond donors (Lipinski definition) is 1. The third-order valence-electron chi connectivity index (χ3n) is 4.13. The van der Waals surface area contributed by atoms with E-state index in [2.05, 4.69) is 4.98 Å². The summed E-state index contributed by atoms with van der Waals surface area (Å²) in [5.74, 6) is 0.739. The van der Waals surface area contributed by atoms with Crippen molar-refractivity contribution in [3.63, 3.8) is 0 Å². The van der Waals surface area contributed by atoms with Crippen molar-refractivity contribution in [2.45, 2.75) is 38.3 Å². The van der Waals surface area contributed by atoms with E-state index in [0.717, 1.165) is 37.3 Å². The molecule has 1 aromatic rings. The summed E-state index contributed by atoms with van der Waals surface area (Å²) in [6.45, 7) is 2.05. The Labute approximate surface area is 125 Å². The van der Waals surface area contributed by atoms with Gasteiger partial charge in [-0.05, 0) is 24.5 Å². The molecular formula is C14H21ClN4O. The van der Waals surface area contributed by atoms with E-state index in [9.17, 15) is 4.79 Å². The lowest BCUT2D eigenvalue weighted by molar-refractivity contribution is 0.201. The lowest BCUT2D eigenvalue weighted by atomic mass is 10.2. The topological polar surface area (TPSA) is 62.5 Å². The Morgan fingerprint density at radius 1 is 1.25 bits per heavy atom. The fourth-order valence-corrected chi connectivity index (χ4v) is 3.02. The zero-order valence-electron chi connectivity index (χ0n) is 11.5. The number of nitrogens with zero attached hydrogens (tertiary/aromatic N) is 3. The molecule has 2 heterocycles. The molecule has 2 amide bonds. The van der Waals surface area contributed by atoms with Crippen molar-refractivity contribution in [2.24, 2.45) is 5.73 Å². The minimum atomic E-state index is 0. The maximum atomic E-state index is 12.4. The highest BCUT2D eigenvalue weighted by Gasteiger charge is 2.35. The molecule has 0 radical (unpaired) electrons. The molecule has 0 bridgehead atoms. The van der Waals surface area contributed by atoms with E-state index >= 15 is 0 Å². The normalized spacial score (nSPS) is 19.6. The van der Waals surface area contributed by atoms with Gasteiger partial charge in [0.05, 0.1) is 0 Å². The van der Waals surface area contributed by atoms with Gasteiger partial charge in [0.2, 0.25) is 0 Å². The molecule has 1 saturated carbocycles. The van der Waals surface area contributed by atoms with Crippen LogP contribution in [0.25, 0.3) is 0 Å². The Morgan fingerprint density at radius 2 is 2.00 bits per heavy atom. The van der Waals surface area contributed by atoms with Crippen molar-refractivity contribution in [3.05, 3.63) is 23.9 Å². The zero-order chi connectivity index (χ0) is 13.2. The number of aromatic nitrogens is 1. The number of nitrogens with two attached hydrogens (primary N) is 1. The fraction of sp³-hybridized carbons (Fsp3) is 0.571. The van der Waals surface area contributed by atoms with Crippen LogP contribution >= 0.6 is 12.4 Å². The highest BCUT2D eigenvalue weighted by atomic mass is 35.5. The lowest BCUT2D eigenvalue weighted by Gasteiger charge is -2.23. The second-order valence-electron chi connectivity index (χ2n) is 5.29. The molecule has 1 aromatic heterocycles. The number of hydrogen-bond acceptors (Lipinski definition) is 3. The predicted molar refractivity (Wildman–Crippen MR) is 81.1 cm³/mol. The van der Waals surface area contributed by atoms with Crippen LogP contribution in [0.15, 0.2) is 18.3 Å². The predicted octanol–water partition coefficient (Wildman–Crippen LogP) is 2.15. The van der Waals surface area contributed by atoms with Crippen LogP contribution in [0.2, 0.25) is 0 Å². The first-order valence-corrected chi connectivity index (χ1v) is 7.03. The largest absolute Gasteiger partial charge is 0.326 e. The molecule has 1 saturated heterocycles. The number of rotatable bonds is 3. The van der Waals surface area contributed by atoms with Gasteiger partial charge in [-0.1, -0.05) is 18.9 Å². The fourth-order valence-electron chi connectivity index (χ4n) is 3.02. The Morgan fingerprint density at radius 3 is 2.60 bits per heavy atom. The summed E-state index contributed by atoms with van der Waals surface area (Å²) in [5.41, 5.74) is 6.55. The van der Waals surface area contributed by atoms with E-state index in [0.29, 0.717) is 12.6 Å².